The van der Waals surface area contributed by atoms with Gasteiger partial charge in [-0.05, 0) is 18.6 Å². The van der Waals surface area contributed by atoms with Crippen LogP contribution < -0.4 is 4.74 Å². The van der Waals surface area contributed by atoms with Crippen LogP contribution in [0.1, 0.15) is 12.0 Å². The first-order valence-corrected chi connectivity index (χ1v) is 7.80. The normalized spacial score (nSPS) is 10.7. The molecule has 0 unspecified atom stereocenters. The minimum atomic E-state index is 0.453. The van der Waals surface area contributed by atoms with Gasteiger partial charge >= 0.3 is 0 Å². The van der Waals surface area contributed by atoms with Crippen LogP contribution in [0.3, 0.4) is 0 Å². The van der Waals surface area contributed by atoms with Gasteiger partial charge in [0, 0.05) is 36.2 Å². The lowest BCUT2D eigenvalue weighted by Gasteiger charge is -2.12. The molecule has 0 spiro atoms. The van der Waals surface area contributed by atoms with Gasteiger partial charge in [0.2, 0.25) is 0 Å². The van der Waals surface area contributed by atoms with Gasteiger partial charge in [-0.1, -0.05) is 39.1 Å². The van der Waals surface area contributed by atoms with E-state index >= 15 is 0 Å². The fraction of sp³-hybridized carbons (Fsp3) is 0.538. The Labute approximate surface area is 132 Å². The maximum absolute atomic E-state index is 6.11. The first kappa shape index (κ1) is 17.1. The second-order valence-electron chi connectivity index (χ2n) is 3.82. The Bertz CT molecular complexity index is 388. The van der Waals surface area contributed by atoms with Crippen molar-refractivity contribution in [1.29, 1.82) is 0 Å². The van der Waals surface area contributed by atoms with E-state index in [0.717, 1.165) is 12.0 Å². The van der Waals surface area contributed by atoms with E-state index in [1.807, 2.05) is 6.07 Å². The van der Waals surface area contributed by atoms with Crippen LogP contribution in [0.4, 0.5) is 0 Å². The molecular formula is C13H17BrCl2O3. The minimum absolute atomic E-state index is 0.453. The van der Waals surface area contributed by atoms with Crippen LogP contribution in [0, 0.1) is 0 Å². The summed E-state index contributed by atoms with van der Waals surface area (Å²) in [4.78, 5) is 0. The quantitative estimate of drug-likeness (QED) is 0.478. The van der Waals surface area contributed by atoms with E-state index in [2.05, 4.69) is 15.9 Å². The van der Waals surface area contributed by atoms with Gasteiger partial charge in [-0.3, -0.25) is 0 Å². The van der Waals surface area contributed by atoms with Crippen LogP contribution in [0.5, 0.6) is 5.75 Å². The molecule has 0 heterocycles. The first-order chi connectivity index (χ1) is 9.19. The molecule has 0 saturated heterocycles. The van der Waals surface area contributed by atoms with Gasteiger partial charge in [-0.2, -0.15) is 0 Å². The summed E-state index contributed by atoms with van der Waals surface area (Å²) in [5, 5.41) is 1.75. The maximum atomic E-state index is 6.11. The van der Waals surface area contributed by atoms with Gasteiger partial charge in [0.25, 0.3) is 0 Å². The van der Waals surface area contributed by atoms with Gasteiger partial charge in [-0.15, -0.1) is 0 Å². The summed E-state index contributed by atoms with van der Waals surface area (Å²) in [5.74, 6) is 0.656. The van der Waals surface area contributed by atoms with Crippen molar-refractivity contribution in [3.63, 3.8) is 0 Å². The SMILES string of the molecule is COCCCOCCOc1c(Cl)cc(Cl)cc1CBr. The fourth-order valence-corrected chi connectivity index (χ4v) is 2.49. The molecule has 1 aromatic rings. The molecule has 0 N–H and O–H groups in total. The number of alkyl halides is 1. The van der Waals surface area contributed by atoms with Gasteiger partial charge in [0.1, 0.15) is 12.4 Å². The van der Waals surface area contributed by atoms with E-state index in [4.69, 9.17) is 37.4 Å². The predicted octanol–water partition coefficient (Wildman–Crippen LogP) is 4.32. The molecule has 0 saturated carbocycles. The lowest BCUT2D eigenvalue weighted by atomic mass is 10.2. The first-order valence-electron chi connectivity index (χ1n) is 5.92. The third-order valence-corrected chi connectivity index (χ3v) is 3.44. The standard InChI is InChI=1S/C13H17BrCl2O3/c1-17-3-2-4-18-5-6-19-13-10(9-14)7-11(15)8-12(13)16/h7-8H,2-6,9H2,1H3. The molecule has 19 heavy (non-hydrogen) atoms. The fourth-order valence-electron chi connectivity index (χ4n) is 1.48. The Hall–Kier alpha value is -0.0000000000000000555. The number of ether oxygens (including phenoxy) is 3. The molecule has 0 aliphatic heterocycles. The molecule has 3 nitrogen and oxygen atoms in total. The predicted molar refractivity (Wildman–Crippen MR) is 81.9 cm³/mol. The number of hydrogen-bond acceptors (Lipinski definition) is 3. The summed E-state index contributed by atoms with van der Waals surface area (Å²) >= 11 is 15.4. The molecule has 1 rings (SSSR count). The van der Waals surface area contributed by atoms with E-state index in [1.54, 1.807) is 13.2 Å². The minimum Gasteiger partial charge on any atom is -0.489 e. The third kappa shape index (κ3) is 6.32. The lowest BCUT2D eigenvalue weighted by Crippen LogP contribution is -2.09. The van der Waals surface area contributed by atoms with Gasteiger partial charge in [0.05, 0.1) is 11.6 Å². The number of methoxy groups -OCH3 is 1. The zero-order valence-electron chi connectivity index (χ0n) is 10.8. The Morgan fingerprint density at radius 1 is 1.11 bits per heavy atom. The van der Waals surface area contributed by atoms with E-state index in [-0.39, 0.29) is 0 Å². The molecule has 0 fully saturated rings. The Morgan fingerprint density at radius 2 is 1.89 bits per heavy atom. The molecule has 108 valence electrons. The lowest BCUT2D eigenvalue weighted by molar-refractivity contribution is 0.0805. The highest BCUT2D eigenvalue weighted by atomic mass is 79.9. The van der Waals surface area contributed by atoms with Crippen molar-refractivity contribution < 1.29 is 14.2 Å². The molecular weight excluding hydrogens is 355 g/mol. The summed E-state index contributed by atoms with van der Waals surface area (Å²) in [7, 11) is 1.67. The Morgan fingerprint density at radius 3 is 2.58 bits per heavy atom. The topological polar surface area (TPSA) is 27.7 Å². The maximum Gasteiger partial charge on any atom is 0.142 e. The average Bonchev–Trinajstić information content (AvgIpc) is 2.39. The second kappa shape index (κ2) is 9.83. The smallest absolute Gasteiger partial charge is 0.142 e. The van der Waals surface area contributed by atoms with Crippen molar-refractivity contribution in [2.24, 2.45) is 0 Å². The van der Waals surface area contributed by atoms with Crippen LogP contribution in [-0.4, -0.2) is 33.5 Å². The van der Waals surface area contributed by atoms with Gasteiger partial charge in [0.15, 0.2) is 0 Å². The summed E-state index contributed by atoms with van der Waals surface area (Å²) < 4.78 is 16.0. The van der Waals surface area contributed by atoms with E-state index in [0.29, 0.717) is 47.6 Å². The van der Waals surface area contributed by atoms with Crippen molar-refractivity contribution in [2.75, 3.05) is 33.5 Å². The van der Waals surface area contributed by atoms with Crippen LogP contribution in [0.15, 0.2) is 12.1 Å². The van der Waals surface area contributed by atoms with Crippen molar-refractivity contribution in [1.82, 2.24) is 0 Å². The van der Waals surface area contributed by atoms with E-state index in [1.165, 1.54) is 0 Å². The molecule has 0 atom stereocenters. The Kier molecular flexibility index (Phi) is 8.83. The molecule has 0 bridgehead atoms. The van der Waals surface area contributed by atoms with Crippen LogP contribution in [-0.2, 0) is 14.8 Å². The second-order valence-corrected chi connectivity index (χ2v) is 5.22. The van der Waals surface area contributed by atoms with Gasteiger partial charge in [-0.25, -0.2) is 0 Å². The third-order valence-electron chi connectivity index (χ3n) is 2.34. The van der Waals surface area contributed by atoms with Crippen molar-refractivity contribution in [2.45, 2.75) is 11.8 Å². The zero-order valence-corrected chi connectivity index (χ0v) is 13.9. The van der Waals surface area contributed by atoms with Crippen molar-refractivity contribution in [3.05, 3.63) is 27.7 Å². The van der Waals surface area contributed by atoms with E-state index < -0.39 is 0 Å². The molecule has 0 aliphatic carbocycles. The highest BCUT2D eigenvalue weighted by Crippen LogP contribution is 2.33. The van der Waals surface area contributed by atoms with Crippen molar-refractivity contribution >= 4 is 39.1 Å². The molecule has 0 aromatic heterocycles. The Balaban J connectivity index is 2.36. The zero-order chi connectivity index (χ0) is 14.1. The summed E-state index contributed by atoms with van der Waals surface area (Å²) in [6.45, 7) is 2.34. The number of halogens is 3. The molecule has 6 heteroatoms. The highest BCUT2D eigenvalue weighted by Gasteiger charge is 2.09. The molecule has 0 amide bonds. The van der Waals surface area contributed by atoms with Crippen molar-refractivity contribution in [3.8, 4) is 5.75 Å². The molecule has 1 aromatic carbocycles. The van der Waals surface area contributed by atoms with E-state index in [9.17, 15) is 0 Å². The van der Waals surface area contributed by atoms with Gasteiger partial charge < -0.3 is 14.2 Å². The average molecular weight is 372 g/mol. The summed E-state index contributed by atoms with van der Waals surface area (Å²) in [6.07, 6.45) is 0.880. The monoisotopic (exact) mass is 370 g/mol. The largest absolute Gasteiger partial charge is 0.489 e. The summed E-state index contributed by atoms with van der Waals surface area (Å²) in [6, 6.07) is 3.50. The van der Waals surface area contributed by atoms with Crippen LogP contribution in [0.25, 0.3) is 0 Å². The summed E-state index contributed by atoms with van der Waals surface area (Å²) in [5.41, 5.74) is 0.928. The molecule has 0 radical (unpaired) electrons. The van der Waals surface area contributed by atoms with Crippen LogP contribution >= 0.6 is 39.1 Å². The number of benzene rings is 1. The molecule has 0 aliphatic rings. The highest BCUT2D eigenvalue weighted by molar-refractivity contribution is 9.08. The number of rotatable bonds is 9. The number of hydrogen-bond donors (Lipinski definition) is 0. The van der Waals surface area contributed by atoms with Crippen LogP contribution in [0.2, 0.25) is 10.0 Å².